The predicted molar refractivity (Wildman–Crippen MR) is 69.9 cm³/mol. The molecule has 0 saturated heterocycles. The molecule has 3 atom stereocenters. The fraction of sp³-hybridized carbons (Fsp3) is 0.857. The Balaban J connectivity index is 2.60. The van der Waals surface area contributed by atoms with Crippen LogP contribution in [0.15, 0.2) is 0 Å². The minimum absolute atomic E-state index is 0.108. The van der Waals surface area contributed by atoms with E-state index in [0.717, 1.165) is 12.8 Å². The third kappa shape index (κ3) is 4.00. The van der Waals surface area contributed by atoms with E-state index in [0.29, 0.717) is 24.3 Å². The molecule has 0 aromatic rings. The van der Waals surface area contributed by atoms with Gasteiger partial charge < -0.3 is 10.1 Å². The van der Waals surface area contributed by atoms with E-state index in [1.807, 2.05) is 0 Å². The largest absolute Gasteiger partial charge is 0.455 e. The van der Waals surface area contributed by atoms with Crippen LogP contribution in [0.4, 0.5) is 0 Å². The topological polar surface area (TPSA) is 55.4 Å². The van der Waals surface area contributed by atoms with Crippen molar-refractivity contribution in [3.8, 4) is 0 Å². The molecule has 0 aliphatic heterocycles. The highest BCUT2D eigenvalue weighted by molar-refractivity contribution is 6.32. The fourth-order valence-electron chi connectivity index (χ4n) is 2.67. The highest BCUT2D eigenvalue weighted by Gasteiger charge is 2.34. The molecule has 0 radical (unpaired) electrons. The van der Waals surface area contributed by atoms with E-state index in [1.165, 1.54) is 6.42 Å². The van der Waals surface area contributed by atoms with Crippen LogP contribution in [-0.4, -0.2) is 24.5 Å². The number of rotatable bonds is 3. The highest BCUT2D eigenvalue weighted by Crippen LogP contribution is 2.35. The highest BCUT2D eigenvalue weighted by atomic mass is 16.5. The van der Waals surface area contributed by atoms with E-state index in [-0.39, 0.29) is 6.10 Å². The summed E-state index contributed by atoms with van der Waals surface area (Å²) < 4.78 is 5.40. The van der Waals surface area contributed by atoms with Gasteiger partial charge in [0.2, 0.25) is 0 Å². The van der Waals surface area contributed by atoms with E-state index in [9.17, 15) is 9.59 Å². The minimum Gasteiger partial charge on any atom is -0.455 e. The number of hydrogen-bond acceptors (Lipinski definition) is 3. The fourth-order valence-corrected chi connectivity index (χ4v) is 2.67. The smallest absolute Gasteiger partial charge is 0.397 e. The lowest BCUT2D eigenvalue weighted by atomic mass is 9.75. The number of amides is 1. The van der Waals surface area contributed by atoms with Gasteiger partial charge in [-0.3, -0.25) is 4.79 Å². The van der Waals surface area contributed by atoms with Crippen molar-refractivity contribution in [1.29, 1.82) is 0 Å². The van der Waals surface area contributed by atoms with Crippen LogP contribution in [0.3, 0.4) is 0 Å². The molecular formula is C14H25NO3. The maximum atomic E-state index is 11.6. The van der Waals surface area contributed by atoms with Gasteiger partial charge in [0, 0.05) is 6.54 Å². The maximum Gasteiger partial charge on any atom is 0.397 e. The van der Waals surface area contributed by atoms with Crippen LogP contribution in [0.1, 0.15) is 47.0 Å². The standard InChI is InChI=1S/C14H25NO3/c1-5-15-13(16)14(17)18-12-8-10(4)6-7-11(12)9(2)3/h9-12H,5-8H2,1-4H3,(H,15,16)/t10-,11+,12?/m1/s1. The van der Waals surface area contributed by atoms with Crippen molar-refractivity contribution in [2.75, 3.05) is 6.54 Å². The van der Waals surface area contributed by atoms with Gasteiger partial charge in [-0.2, -0.15) is 0 Å². The molecule has 0 spiro atoms. The Morgan fingerprint density at radius 2 is 2.00 bits per heavy atom. The Morgan fingerprint density at radius 3 is 2.56 bits per heavy atom. The minimum atomic E-state index is -0.735. The third-order valence-electron chi connectivity index (χ3n) is 3.74. The molecule has 18 heavy (non-hydrogen) atoms. The van der Waals surface area contributed by atoms with Crippen molar-refractivity contribution >= 4 is 11.9 Å². The van der Waals surface area contributed by atoms with Crippen molar-refractivity contribution in [2.45, 2.75) is 53.1 Å². The van der Waals surface area contributed by atoms with Crippen molar-refractivity contribution in [3.63, 3.8) is 0 Å². The zero-order valence-corrected chi connectivity index (χ0v) is 11.9. The number of carbonyl (C=O) groups excluding carboxylic acids is 2. The van der Waals surface area contributed by atoms with Gasteiger partial charge in [0.05, 0.1) is 0 Å². The molecular weight excluding hydrogens is 230 g/mol. The molecule has 0 bridgehead atoms. The molecule has 1 fully saturated rings. The van der Waals surface area contributed by atoms with Gasteiger partial charge in [0.1, 0.15) is 6.10 Å². The number of carbonyl (C=O) groups is 2. The number of esters is 1. The van der Waals surface area contributed by atoms with Crippen LogP contribution < -0.4 is 5.32 Å². The third-order valence-corrected chi connectivity index (χ3v) is 3.74. The molecule has 1 amide bonds. The quantitative estimate of drug-likeness (QED) is 0.621. The SMILES string of the molecule is CCNC(=O)C(=O)OC1C[C@H](C)CC[C@H]1C(C)C. The summed E-state index contributed by atoms with van der Waals surface area (Å²) in [6, 6.07) is 0. The second kappa shape index (κ2) is 6.76. The summed E-state index contributed by atoms with van der Waals surface area (Å²) in [4.78, 5) is 23.0. The Hall–Kier alpha value is -1.06. The summed E-state index contributed by atoms with van der Waals surface area (Å²) in [6.07, 6.45) is 3.02. The van der Waals surface area contributed by atoms with Crippen LogP contribution in [0.2, 0.25) is 0 Å². The summed E-state index contributed by atoms with van der Waals surface area (Å²) in [6.45, 7) is 8.69. The summed E-state index contributed by atoms with van der Waals surface area (Å²) >= 11 is 0. The van der Waals surface area contributed by atoms with Gasteiger partial charge in [0.15, 0.2) is 0 Å². The van der Waals surface area contributed by atoms with Gasteiger partial charge >= 0.3 is 11.9 Å². The summed E-state index contributed by atoms with van der Waals surface area (Å²) in [5.74, 6) is 0.0518. The summed E-state index contributed by atoms with van der Waals surface area (Å²) in [7, 11) is 0. The summed E-state index contributed by atoms with van der Waals surface area (Å²) in [5, 5.41) is 2.48. The Bertz CT molecular complexity index is 301. The molecule has 1 aliphatic carbocycles. The van der Waals surface area contributed by atoms with Crippen molar-refractivity contribution in [2.24, 2.45) is 17.8 Å². The van der Waals surface area contributed by atoms with E-state index < -0.39 is 11.9 Å². The molecule has 0 aromatic carbocycles. The van der Waals surface area contributed by atoms with Crippen molar-refractivity contribution in [1.82, 2.24) is 5.32 Å². The van der Waals surface area contributed by atoms with Crippen LogP contribution in [0.25, 0.3) is 0 Å². The predicted octanol–water partition coefficient (Wildman–Crippen LogP) is 2.13. The molecule has 104 valence electrons. The number of likely N-dealkylation sites (N-methyl/N-ethyl adjacent to an activating group) is 1. The zero-order chi connectivity index (χ0) is 13.7. The van der Waals surface area contributed by atoms with Crippen LogP contribution in [0.5, 0.6) is 0 Å². The van der Waals surface area contributed by atoms with E-state index in [4.69, 9.17) is 4.74 Å². The first-order chi connectivity index (χ1) is 8.45. The van der Waals surface area contributed by atoms with Gasteiger partial charge in [-0.1, -0.05) is 27.2 Å². The van der Waals surface area contributed by atoms with Crippen LogP contribution in [-0.2, 0) is 14.3 Å². The molecule has 1 aliphatic rings. The molecule has 1 rings (SSSR count). The molecule has 1 N–H and O–H groups in total. The second-order valence-corrected chi connectivity index (χ2v) is 5.63. The lowest BCUT2D eigenvalue weighted by Gasteiger charge is -2.36. The van der Waals surface area contributed by atoms with E-state index in [1.54, 1.807) is 6.92 Å². The Kier molecular flexibility index (Phi) is 5.63. The molecule has 4 nitrogen and oxygen atoms in total. The average molecular weight is 255 g/mol. The normalized spacial score (nSPS) is 27.9. The van der Waals surface area contributed by atoms with Gasteiger partial charge in [-0.05, 0) is 37.5 Å². The Labute approximate surface area is 109 Å². The monoisotopic (exact) mass is 255 g/mol. The second-order valence-electron chi connectivity index (χ2n) is 5.63. The first-order valence-corrected chi connectivity index (χ1v) is 6.94. The first-order valence-electron chi connectivity index (χ1n) is 6.94. The molecule has 1 unspecified atom stereocenters. The molecule has 0 heterocycles. The Morgan fingerprint density at radius 1 is 1.33 bits per heavy atom. The van der Waals surface area contributed by atoms with Gasteiger partial charge in [-0.15, -0.1) is 0 Å². The molecule has 0 aromatic heterocycles. The number of ether oxygens (including phenoxy) is 1. The van der Waals surface area contributed by atoms with E-state index in [2.05, 4.69) is 26.1 Å². The zero-order valence-electron chi connectivity index (χ0n) is 11.9. The number of hydrogen-bond donors (Lipinski definition) is 1. The van der Waals surface area contributed by atoms with Gasteiger partial charge in [-0.25, -0.2) is 4.79 Å². The molecule has 1 saturated carbocycles. The van der Waals surface area contributed by atoms with Crippen LogP contribution in [0, 0.1) is 17.8 Å². The van der Waals surface area contributed by atoms with Crippen molar-refractivity contribution < 1.29 is 14.3 Å². The lowest BCUT2D eigenvalue weighted by Crippen LogP contribution is -2.40. The summed E-state index contributed by atoms with van der Waals surface area (Å²) in [5.41, 5.74) is 0. The molecule has 4 heteroatoms. The van der Waals surface area contributed by atoms with Crippen molar-refractivity contribution in [3.05, 3.63) is 0 Å². The van der Waals surface area contributed by atoms with Crippen LogP contribution >= 0.6 is 0 Å². The lowest BCUT2D eigenvalue weighted by molar-refractivity contribution is -0.164. The maximum absolute atomic E-state index is 11.6. The van der Waals surface area contributed by atoms with E-state index >= 15 is 0 Å². The first kappa shape index (κ1) is 15.0. The average Bonchev–Trinajstić information content (AvgIpc) is 2.28. The number of nitrogens with one attached hydrogen (secondary N) is 1. The van der Waals surface area contributed by atoms with Gasteiger partial charge in [0.25, 0.3) is 0 Å².